The van der Waals surface area contributed by atoms with E-state index in [1.807, 2.05) is 14.0 Å². The lowest BCUT2D eigenvalue weighted by atomic mass is 10.2. The van der Waals surface area contributed by atoms with Crippen LogP contribution in [0.4, 0.5) is 0 Å². The molecule has 1 amide bonds. The minimum Gasteiger partial charge on any atom is -0.396 e. The Morgan fingerprint density at radius 3 is 2.53 bits per heavy atom. The van der Waals surface area contributed by atoms with Crippen LogP contribution in [0.15, 0.2) is 0 Å². The Morgan fingerprint density at radius 2 is 1.93 bits per heavy atom. The molecule has 0 atom stereocenters. The summed E-state index contributed by atoms with van der Waals surface area (Å²) in [6.45, 7) is 4.33. The summed E-state index contributed by atoms with van der Waals surface area (Å²) in [5, 5.41) is 11.7. The van der Waals surface area contributed by atoms with Gasteiger partial charge in [0, 0.05) is 20.2 Å². The SMILES string of the molecule is CCN(C)C(=O)CNCCCCCCO. The van der Waals surface area contributed by atoms with Gasteiger partial charge >= 0.3 is 0 Å². The maximum atomic E-state index is 11.3. The lowest BCUT2D eigenvalue weighted by molar-refractivity contribution is -0.128. The molecule has 0 unspecified atom stereocenters. The van der Waals surface area contributed by atoms with Gasteiger partial charge in [0.15, 0.2) is 0 Å². The number of carbonyl (C=O) groups is 1. The molecular formula is C11H24N2O2. The molecule has 2 N–H and O–H groups in total. The fourth-order valence-corrected chi connectivity index (χ4v) is 1.22. The Morgan fingerprint density at radius 1 is 1.27 bits per heavy atom. The molecule has 15 heavy (non-hydrogen) atoms. The van der Waals surface area contributed by atoms with Crippen molar-refractivity contribution in [3.05, 3.63) is 0 Å². The molecule has 0 rings (SSSR count). The maximum Gasteiger partial charge on any atom is 0.236 e. The van der Waals surface area contributed by atoms with Gasteiger partial charge in [-0.25, -0.2) is 0 Å². The van der Waals surface area contributed by atoms with Crippen molar-refractivity contribution >= 4 is 5.91 Å². The number of hydrogen-bond acceptors (Lipinski definition) is 3. The minimum absolute atomic E-state index is 0.146. The largest absolute Gasteiger partial charge is 0.396 e. The zero-order chi connectivity index (χ0) is 11.5. The van der Waals surface area contributed by atoms with E-state index < -0.39 is 0 Å². The van der Waals surface area contributed by atoms with Crippen LogP contribution in [-0.4, -0.2) is 49.2 Å². The smallest absolute Gasteiger partial charge is 0.236 e. The summed E-state index contributed by atoms with van der Waals surface area (Å²) in [7, 11) is 1.81. The zero-order valence-corrected chi connectivity index (χ0v) is 9.96. The van der Waals surface area contributed by atoms with Crippen LogP contribution in [-0.2, 0) is 4.79 Å². The number of aliphatic hydroxyl groups excluding tert-OH is 1. The molecule has 0 aliphatic heterocycles. The van der Waals surface area contributed by atoms with Gasteiger partial charge in [0.25, 0.3) is 0 Å². The Balaban J connectivity index is 3.20. The first-order chi connectivity index (χ1) is 7.22. The van der Waals surface area contributed by atoms with E-state index in [4.69, 9.17) is 5.11 Å². The first kappa shape index (κ1) is 14.4. The second-order valence-corrected chi connectivity index (χ2v) is 3.72. The van der Waals surface area contributed by atoms with E-state index in [1.165, 1.54) is 0 Å². The number of aliphatic hydroxyl groups is 1. The molecule has 0 aromatic heterocycles. The highest BCUT2D eigenvalue weighted by Crippen LogP contribution is 1.97. The highest BCUT2D eigenvalue weighted by atomic mass is 16.2. The van der Waals surface area contributed by atoms with E-state index >= 15 is 0 Å². The van der Waals surface area contributed by atoms with Gasteiger partial charge in [-0.05, 0) is 26.3 Å². The summed E-state index contributed by atoms with van der Waals surface area (Å²) < 4.78 is 0. The van der Waals surface area contributed by atoms with Crippen molar-refractivity contribution in [3.8, 4) is 0 Å². The van der Waals surface area contributed by atoms with E-state index in [1.54, 1.807) is 4.90 Å². The number of nitrogens with one attached hydrogen (secondary N) is 1. The number of likely N-dealkylation sites (N-methyl/N-ethyl adjacent to an activating group) is 1. The van der Waals surface area contributed by atoms with Crippen molar-refractivity contribution in [1.29, 1.82) is 0 Å². The van der Waals surface area contributed by atoms with Crippen molar-refractivity contribution in [2.75, 3.05) is 33.3 Å². The molecule has 0 saturated heterocycles. The zero-order valence-electron chi connectivity index (χ0n) is 9.96. The van der Waals surface area contributed by atoms with Gasteiger partial charge in [0.05, 0.1) is 6.54 Å². The van der Waals surface area contributed by atoms with Gasteiger partial charge in [0.2, 0.25) is 5.91 Å². The van der Waals surface area contributed by atoms with Crippen LogP contribution in [0.2, 0.25) is 0 Å². The number of unbranched alkanes of at least 4 members (excludes halogenated alkanes) is 3. The Kier molecular flexibility index (Phi) is 9.52. The topological polar surface area (TPSA) is 52.6 Å². The Bertz CT molecular complexity index is 163. The molecule has 0 heterocycles. The Hall–Kier alpha value is -0.610. The predicted octanol–water partition coefficient (Wildman–Crippen LogP) is 0.607. The lowest BCUT2D eigenvalue weighted by Gasteiger charge is -2.14. The van der Waals surface area contributed by atoms with Crippen LogP contribution in [0.25, 0.3) is 0 Å². The number of rotatable bonds is 9. The van der Waals surface area contributed by atoms with Crippen LogP contribution < -0.4 is 5.32 Å². The summed E-state index contributed by atoms with van der Waals surface area (Å²) >= 11 is 0. The third-order valence-electron chi connectivity index (χ3n) is 2.44. The van der Waals surface area contributed by atoms with Crippen LogP contribution in [0.5, 0.6) is 0 Å². The molecule has 0 bridgehead atoms. The summed E-state index contributed by atoms with van der Waals surface area (Å²) in [5.74, 6) is 0.146. The molecule has 90 valence electrons. The van der Waals surface area contributed by atoms with Crippen molar-refractivity contribution in [2.45, 2.75) is 32.6 Å². The standard InChI is InChI=1S/C11H24N2O2/c1-3-13(2)11(15)10-12-8-6-4-5-7-9-14/h12,14H,3-10H2,1-2H3. The van der Waals surface area contributed by atoms with Gasteiger partial charge in [-0.1, -0.05) is 12.8 Å². The molecule has 0 aromatic carbocycles. The summed E-state index contributed by atoms with van der Waals surface area (Å²) in [4.78, 5) is 13.0. The molecule has 0 saturated carbocycles. The highest BCUT2D eigenvalue weighted by Gasteiger charge is 2.04. The minimum atomic E-state index is 0.146. The van der Waals surface area contributed by atoms with E-state index in [0.29, 0.717) is 6.54 Å². The summed E-state index contributed by atoms with van der Waals surface area (Å²) in [6.07, 6.45) is 4.15. The molecule has 0 aliphatic rings. The van der Waals surface area contributed by atoms with E-state index in [9.17, 15) is 4.79 Å². The molecule has 0 radical (unpaired) electrons. The van der Waals surface area contributed by atoms with E-state index in [2.05, 4.69) is 5.32 Å². The van der Waals surface area contributed by atoms with E-state index in [0.717, 1.165) is 38.8 Å². The molecule has 4 heteroatoms. The average Bonchev–Trinajstić information content (AvgIpc) is 2.26. The fraction of sp³-hybridized carbons (Fsp3) is 0.909. The van der Waals surface area contributed by atoms with Gasteiger partial charge in [0.1, 0.15) is 0 Å². The molecule has 0 aromatic rings. The summed E-state index contributed by atoms with van der Waals surface area (Å²) in [6, 6.07) is 0. The molecular weight excluding hydrogens is 192 g/mol. The number of carbonyl (C=O) groups excluding carboxylic acids is 1. The monoisotopic (exact) mass is 216 g/mol. The third kappa shape index (κ3) is 8.39. The summed E-state index contributed by atoms with van der Waals surface area (Å²) in [5.41, 5.74) is 0. The van der Waals surface area contributed by atoms with Crippen LogP contribution in [0, 0.1) is 0 Å². The normalized spacial score (nSPS) is 10.3. The van der Waals surface area contributed by atoms with Gasteiger partial charge in [-0.2, -0.15) is 0 Å². The van der Waals surface area contributed by atoms with Crippen molar-refractivity contribution in [3.63, 3.8) is 0 Å². The number of hydrogen-bond donors (Lipinski definition) is 2. The fourth-order valence-electron chi connectivity index (χ4n) is 1.22. The van der Waals surface area contributed by atoms with Gasteiger partial charge in [-0.15, -0.1) is 0 Å². The first-order valence-electron chi connectivity index (χ1n) is 5.78. The maximum absolute atomic E-state index is 11.3. The second kappa shape index (κ2) is 9.93. The first-order valence-corrected chi connectivity index (χ1v) is 5.78. The van der Waals surface area contributed by atoms with E-state index in [-0.39, 0.29) is 12.5 Å². The Labute approximate surface area is 92.7 Å². The molecule has 4 nitrogen and oxygen atoms in total. The molecule has 0 spiro atoms. The molecule has 0 aliphatic carbocycles. The van der Waals surface area contributed by atoms with Gasteiger partial charge in [-0.3, -0.25) is 4.79 Å². The van der Waals surface area contributed by atoms with Gasteiger partial charge < -0.3 is 15.3 Å². The third-order valence-corrected chi connectivity index (χ3v) is 2.44. The average molecular weight is 216 g/mol. The second-order valence-electron chi connectivity index (χ2n) is 3.72. The van der Waals surface area contributed by atoms with Crippen LogP contribution >= 0.6 is 0 Å². The van der Waals surface area contributed by atoms with Crippen molar-refractivity contribution in [1.82, 2.24) is 10.2 Å². The number of amides is 1. The van der Waals surface area contributed by atoms with Crippen LogP contribution in [0.3, 0.4) is 0 Å². The number of nitrogens with zero attached hydrogens (tertiary/aromatic N) is 1. The van der Waals surface area contributed by atoms with Crippen molar-refractivity contribution < 1.29 is 9.90 Å². The van der Waals surface area contributed by atoms with Crippen molar-refractivity contribution in [2.24, 2.45) is 0 Å². The lowest BCUT2D eigenvalue weighted by Crippen LogP contribution is -2.35. The molecule has 0 fully saturated rings. The highest BCUT2D eigenvalue weighted by molar-refractivity contribution is 5.77. The van der Waals surface area contributed by atoms with Crippen LogP contribution in [0.1, 0.15) is 32.6 Å². The quantitative estimate of drug-likeness (QED) is 0.555. The predicted molar refractivity (Wildman–Crippen MR) is 61.7 cm³/mol.